The summed E-state index contributed by atoms with van der Waals surface area (Å²) in [6.45, 7) is 5.81. The first-order valence-corrected chi connectivity index (χ1v) is 12.8. The van der Waals surface area contributed by atoms with Crippen molar-refractivity contribution in [1.82, 2.24) is 9.47 Å². The lowest BCUT2D eigenvalue weighted by molar-refractivity contribution is -0.122. The molecule has 1 saturated heterocycles. The van der Waals surface area contributed by atoms with Gasteiger partial charge in [-0.3, -0.25) is 19.1 Å². The van der Waals surface area contributed by atoms with Gasteiger partial charge in [0.1, 0.15) is 21.8 Å². The molecule has 1 aliphatic rings. The molecule has 0 unspecified atom stereocenters. The number of hydrogen-bond acceptors (Lipinski definition) is 7. The Balaban J connectivity index is 2.02. The van der Waals surface area contributed by atoms with Crippen molar-refractivity contribution < 1.29 is 9.53 Å². The Labute approximate surface area is 215 Å². The molecule has 1 aliphatic heterocycles. The molecule has 184 valence electrons. The lowest BCUT2D eigenvalue weighted by atomic mass is 10.0. The molecule has 0 bridgehead atoms. The number of nitrogens with zero attached hydrogens (tertiary/aromatic N) is 3. The Hall–Kier alpha value is -2.93. The van der Waals surface area contributed by atoms with E-state index in [2.05, 4.69) is 23.5 Å². The van der Waals surface area contributed by atoms with E-state index in [9.17, 15) is 14.9 Å². The standard InChI is InChI=1S/C26H30N4O3S2/c1-4-13-29-23(28-12-11-19-9-6-5-7-10-19)20(18(2)21(17-27)24(29)31)16-22-25(32)30(26(34)35-22)14-8-15-33-3/h5-7,9-10,16,28H,4,8,11-15H2,1-3H3/b22-16+. The molecule has 0 aliphatic carbocycles. The second-order valence-electron chi connectivity index (χ2n) is 8.17. The summed E-state index contributed by atoms with van der Waals surface area (Å²) < 4.78 is 7.20. The number of thiocarbonyl (C=S) groups is 1. The molecule has 1 fully saturated rings. The van der Waals surface area contributed by atoms with Crippen molar-refractivity contribution >= 4 is 46.1 Å². The number of aromatic nitrogens is 1. The third-order valence-corrected chi connectivity index (χ3v) is 7.13. The van der Waals surface area contributed by atoms with Gasteiger partial charge in [0.25, 0.3) is 11.5 Å². The highest BCUT2D eigenvalue weighted by atomic mass is 32.2. The van der Waals surface area contributed by atoms with Crippen LogP contribution >= 0.6 is 24.0 Å². The van der Waals surface area contributed by atoms with Crippen LogP contribution < -0.4 is 10.9 Å². The number of carbonyl (C=O) groups is 1. The minimum absolute atomic E-state index is 0.0916. The second kappa shape index (κ2) is 12.7. The maximum absolute atomic E-state index is 13.1. The predicted octanol–water partition coefficient (Wildman–Crippen LogP) is 4.33. The zero-order valence-electron chi connectivity index (χ0n) is 20.3. The van der Waals surface area contributed by atoms with E-state index in [1.807, 2.05) is 25.1 Å². The van der Waals surface area contributed by atoms with E-state index in [4.69, 9.17) is 17.0 Å². The van der Waals surface area contributed by atoms with Crippen molar-refractivity contribution in [3.8, 4) is 6.07 Å². The molecule has 1 aromatic carbocycles. The highest BCUT2D eigenvalue weighted by Gasteiger charge is 2.32. The summed E-state index contributed by atoms with van der Waals surface area (Å²) >= 11 is 6.69. The zero-order valence-corrected chi connectivity index (χ0v) is 21.9. The molecular formula is C26H30N4O3S2. The van der Waals surface area contributed by atoms with Gasteiger partial charge in [-0.05, 0) is 43.4 Å². The zero-order chi connectivity index (χ0) is 25.4. The van der Waals surface area contributed by atoms with Crippen LogP contribution in [0.3, 0.4) is 0 Å². The van der Waals surface area contributed by atoms with Crippen LogP contribution in [-0.2, 0) is 22.5 Å². The Morgan fingerprint density at radius 3 is 2.63 bits per heavy atom. The highest BCUT2D eigenvalue weighted by Crippen LogP contribution is 2.35. The van der Waals surface area contributed by atoms with Crippen molar-refractivity contribution in [3.63, 3.8) is 0 Å². The van der Waals surface area contributed by atoms with E-state index in [-0.39, 0.29) is 17.0 Å². The molecule has 0 atom stereocenters. The predicted molar refractivity (Wildman–Crippen MR) is 145 cm³/mol. The monoisotopic (exact) mass is 510 g/mol. The molecule has 2 heterocycles. The lowest BCUT2D eigenvalue weighted by Crippen LogP contribution is -2.30. The minimum Gasteiger partial charge on any atom is -0.385 e. The normalized spacial score (nSPS) is 14.6. The Morgan fingerprint density at radius 1 is 1.23 bits per heavy atom. The van der Waals surface area contributed by atoms with Crippen molar-refractivity contribution in [3.05, 3.63) is 67.8 Å². The molecule has 1 aromatic heterocycles. The Bertz CT molecular complexity index is 1220. The van der Waals surface area contributed by atoms with Gasteiger partial charge in [-0.2, -0.15) is 5.26 Å². The van der Waals surface area contributed by atoms with Gasteiger partial charge in [0, 0.05) is 38.9 Å². The fraction of sp³-hybridized carbons (Fsp3) is 0.385. The lowest BCUT2D eigenvalue weighted by Gasteiger charge is -2.20. The summed E-state index contributed by atoms with van der Waals surface area (Å²) in [7, 11) is 1.62. The van der Waals surface area contributed by atoms with Crippen LogP contribution in [0.1, 0.15) is 42.0 Å². The van der Waals surface area contributed by atoms with Gasteiger partial charge >= 0.3 is 0 Å². The summed E-state index contributed by atoms with van der Waals surface area (Å²) in [6, 6.07) is 12.1. The molecule has 9 heteroatoms. The minimum atomic E-state index is -0.321. The number of carbonyl (C=O) groups excluding carboxylic acids is 1. The van der Waals surface area contributed by atoms with Crippen molar-refractivity contribution in [1.29, 1.82) is 5.26 Å². The largest absolute Gasteiger partial charge is 0.385 e. The molecule has 7 nitrogen and oxygen atoms in total. The van der Waals surface area contributed by atoms with E-state index in [0.717, 1.165) is 12.8 Å². The molecule has 0 spiro atoms. The number of anilines is 1. The Kier molecular flexibility index (Phi) is 9.66. The number of rotatable bonds is 11. The molecule has 2 aromatic rings. The third-order valence-electron chi connectivity index (χ3n) is 5.75. The molecule has 3 rings (SSSR count). The first-order chi connectivity index (χ1) is 16.9. The number of hydrogen-bond donors (Lipinski definition) is 1. The highest BCUT2D eigenvalue weighted by molar-refractivity contribution is 8.26. The van der Waals surface area contributed by atoms with Gasteiger partial charge in [0.05, 0.1) is 4.91 Å². The fourth-order valence-corrected chi connectivity index (χ4v) is 5.24. The summed E-state index contributed by atoms with van der Waals surface area (Å²) in [5.41, 5.74) is 2.16. The van der Waals surface area contributed by atoms with Crippen LogP contribution in [0.15, 0.2) is 40.0 Å². The van der Waals surface area contributed by atoms with Crippen LogP contribution in [0.2, 0.25) is 0 Å². The number of benzene rings is 1. The molecule has 0 saturated carbocycles. The van der Waals surface area contributed by atoms with E-state index in [1.54, 1.807) is 29.6 Å². The van der Waals surface area contributed by atoms with Crippen molar-refractivity contribution in [2.24, 2.45) is 0 Å². The van der Waals surface area contributed by atoms with Gasteiger partial charge in [-0.1, -0.05) is 61.2 Å². The molecule has 35 heavy (non-hydrogen) atoms. The van der Waals surface area contributed by atoms with Crippen LogP contribution in [0.5, 0.6) is 0 Å². The summed E-state index contributed by atoms with van der Waals surface area (Å²) in [6.07, 6.45) is 3.94. The average molecular weight is 511 g/mol. The smallest absolute Gasteiger partial charge is 0.270 e. The van der Waals surface area contributed by atoms with E-state index in [0.29, 0.717) is 58.8 Å². The van der Waals surface area contributed by atoms with Crippen LogP contribution in [0.4, 0.5) is 5.82 Å². The summed E-state index contributed by atoms with van der Waals surface area (Å²) in [5, 5.41) is 13.2. The second-order valence-corrected chi connectivity index (χ2v) is 9.85. The fourth-order valence-electron chi connectivity index (χ4n) is 3.95. The Morgan fingerprint density at radius 2 is 1.97 bits per heavy atom. The van der Waals surface area contributed by atoms with E-state index >= 15 is 0 Å². The first-order valence-electron chi connectivity index (χ1n) is 11.6. The number of ether oxygens (including phenoxy) is 1. The number of nitriles is 1. The van der Waals surface area contributed by atoms with Gasteiger partial charge in [0.2, 0.25) is 0 Å². The number of thioether (sulfide) groups is 1. The first kappa shape index (κ1) is 26.7. The van der Waals surface area contributed by atoms with Crippen LogP contribution in [0, 0.1) is 18.3 Å². The van der Waals surface area contributed by atoms with Crippen LogP contribution in [0.25, 0.3) is 6.08 Å². The summed E-state index contributed by atoms with van der Waals surface area (Å²) in [4.78, 5) is 28.3. The average Bonchev–Trinajstić information content (AvgIpc) is 3.12. The van der Waals surface area contributed by atoms with Crippen molar-refractivity contribution in [2.45, 2.75) is 39.7 Å². The SMILES string of the molecule is CCCn1c(NCCc2ccccc2)c(/C=C2/SC(=S)N(CCCOC)C2=O)c(C)c(C#N)c1=O. The van der Waals surface area contributed by atoms with Gasteiger partial charge in [-0.25, -0.2) is 0 Å². The van der Waals surface area contributed by atoms with Gasteiger partial charge < -0.3 is 10.1 Å². The van der Waals surface area contributed by atoms with Gasteiger partial charge in [0.15, 0.2) is 0 Å². The maximum Gasteiger partial charge on any atom is 0.270 e. The summed E-state index contributed by atoms with van der Waals surface area (Å²) in [5.74, 6) is 0.450. The number of methoxy groups -OCH3 is 1. The van der Waals surface area contributed by atoms with E-state index < -0.39 is 0 Å². The van der Waals surface area contributed by atoms with E-state index in [1.165, 1.54) is 17.3 Å². The van der Waals surface area contributed by atoms with Crippen LogP contribution in [-0.4, -0.2) is 46.5 Å². The quantitative estimate of drug-likeness (QED) is 0.273. The topological polar surface area (TPSA) is 87.4 Å². The molecule has 0 radical (unpaired) electrons. The molecular weight excluding hydrogens is 480 g/mol. The number of nitrogens with one attached hydrogen (secondary N) is 1. The maximum atomic E-state index is 13.1. The molecule has 1 N–H and O–H groups in total. The van der Waals surface area contributed by atoms with Crippen molar-refractivity contribution in [2.75, 3.05) is 32.1 Å². The number of pyridine rings is 1. The number of amides is 1. The third kappa shape index (κ3) is 6.20. The van der Waals surface area contributed by atoms with Gasteiger partial charge in [-0.15, -0.1) is 0 Å². The molecule has 1 amide bonds.